The van der Waals surface area contributed by atoms with E-state index >= 15 is 0 Å². The van der Waals surface area contributed by atoms with Crippen molar-refractivity contribution in [3.63, 3.8) is 0 Å². The maximum absolute atomic E-state index is 6.12. The Morgan fingerprint density at radius 3 is 2.71 bits per heavy atom. The molecule has 0 aliphatic carbocycles. The number of hydrogen-bond donors (Lipinski definition) is 1. The predicted octanol–water partition coefficient (Wildman–Crippen LogP) is 4.55. The first kappa shape index (κ1) is 12.7. The van der Waals surface area contributed by atoms with Gasteiger partial charge in [0.05, 0.1) is 5.69 Å². The maximum Gasteiger partial charge on any atom is 0.144 e. The van der Waals surface area contributed by atoms with Gasteiger partial charge in [0.2, 0.25) is 0 Å². The number of fused-ring (bicyclic) bond motifs is 1. The van der Waals surface area contributed by atoms with Gasteiger partial charge in [-0.25, -0.2) is 0 Å². The second-order valence-corrected chi connectivity index (χ2v) is 6.42. The molecule has 0 aromatic heterocycles. The van der Waals surface area contributed by atoms with Gasteiger partial charge in [-0.3, -0.25) is 0 Å². The van der Waals surface area contributed by atoms with E-state index in [4.69, 9.17) is 4.74 Å². The van der Waals surface area contributed by atoms with Crippen LogP contribution in [0, 0.1) is 0 Å². The van der Waals surface area contributed by atoms with Gasteiger partial charge in [0.25, 0.3) is 0 Å². The first-order valence-electron chi connectivity index (χ1n) is 6.15. The summed E-state index contributed by atoms with van der Waals surface area (Å²) in [5.41, 5.74) is 2.28. The average molecular weight is 298 g/mol. The van der Waals surface area contributed by atoms with Crippen molar-refractivity contribution in [1.29, 1.82) is 0 Å². The standard InChI is InChI=1S/C14H20BrNO/c1-9(2)10-7-11(15)13-12(8-10)17-14(3,4)5-6-16-13/h7-9,16H,5-6H2,1-4H3. The molecule has 0 saturated carbocycles. The van der Waals surface area contributed by atoms with E-state index in [1.165, 1.54) is 5.56 Å². The lowest BCUT2D eigenvalue weighted by molar-refractivity contribution is 0.108. The molecule has 0 amide bonds. The minimum atomic E-state index is -0.104. The zero-order chi connectivity index (χ0) is 12.6. The van der Waals surface area contributed by atoms with Crippen LogP contribution in [0.4, 0.5) is 5.69 Å². The average Bonchev–Trinajstić information content (AvgIpc) is 2.35. The van der Waals surface area contributed by atoms with Gasteiger partial charge >= 0.3 is 0 Å². The van der Waals surface area contributed by atoms with Crippen LogP contribution in [-0.4, -0.2) is 12.1 Å². The summed E-state index contributed by atoms with van der Waals surface area (Å²) >= 11 is 3.63. The number of anilines is 1. The molecule has 2 rings (SSSR count). The third kappa shape index (κ3) is 2.76. The van der Waals surface area contributed by atoms with Crippen LogP contribution in [0.2, 0.25) is 0 Å². The van der Waals surface area contributed by atoms with Gasteiger partial charge in [-0.15, -0.1) is 0 Å². The molecule has 0 bridgehead atoms. The van der Waals surface area contributed by atoms with Crippen LogP contribution in [0.15, 0.2) is 16.6 Å². The third-order valence-corrected chi connectivity index (χ3v) is 3.78. The number of nitrogens with one attached hydrogen (secondary N) is 1. The molecular formula is C14H20BrNO. The van der Waals surface area contributed by atoms with E-state index in [0.717, 1.165) is 28.9 Å². The predicted molar refractivity (Wildman–Crippen MR) is 76.0 cm³/mol. The summed E-state index contributed by atoms with van der Waals surface area (Å²) in [5.74, 6) is 1.47. The molecule has 1 aromatic carbocycles. The van der Waals surface area contributed by atoms with Crippen molar-refractivity contribution < 1.29 is 4.74 Å². The highest BCUT2D eigenvalue weighted by Gasteiger charge is 2.25. The quantitative estimate of drug-likeness (QED) is 0.821. The summed E-state index contributed by atoms with van der Waals surface area (Å²) in [5, 5.41) is 3.44. The highest BCUT2D eigenvalue weighted by molar-refractivity contribution is 9.10. The summed E-state index contributed by atoms with van der Waals surface area (Å²) in [6.45, 7) is 9.62. The van der Waals surface area contributed by atoms with E-state index in [2.05, 4.69) is 61.1 Å². The van der Waals surface area contributed by atoms with Crippen molar-refractivity contribution in [2.75, 3.05) is 11.9 Å². The van der Waals surface area contributed by atoms with E-state index < -0.39 is 0 Å². The van der Waals surface area contributed by atoms with Crippen LogP contribution < -0.4 is 10.1 Å². The first-order valence-corrected chi connectivity index (χ1v) is 6.95. The second-order valence-electron chi connectivity index (χ2n) is 5.57. The zero-order valence-electron chi connectivity index (χ0n) is 10.9. The fourth-order valence-electron chi connectivity index (χ4n) is 2.02. The van der Waals surface area contributed by atoms with E-state index in [0.29, 0.717) is 5.92 Å². The largest absolute Gasteiger partial charge is 0.486 e. The zero-order valence-corrected chi connectivity index (χ0v) is 12.5. The lowest BCUT2D eigenvalue weighted by Crippen LogP contribution is -2.28. The van der Waals surface area contributed by atoms with Gasteiger partial charge in [-0.2, -0.15) is 0 Å². The van der Waals surface area contributed by atoms with Crippen molar-refractivity contribution in [2.24, 2.45) is 0 Å². The summed E-state index contributed by atoms with van der Waals surface area (Å²) in [6.07, 6.45) is 1.01. The van der Waals surface area contributed by atoms with Crippen molar-refractivity contribution in [3.05, 3.63) is 22.2 Å². The Hall–Kier alpha value is -0.700. The van der Waals surface area contributed by atoms with Crippen molar-refractivity contribution in [3.8, 4) is 5.75 Å². The van der Waals surface area contributed by atoms with Gasteiger partial charge in [-0.05, 0) is 53.4 Å². The SMILES string of the molecule is CC(C)c1cc(Br)c2c(c1)OC(C)(C)CCN2. The minimum absolute atomic E-state index is 0.104. The fourth-order valence-corrected chi connectivity index (χ4v) is 2.62. The molecule has 0 atom stereocenters. The first-order chi connectivity index (χ1) is 7.89. The molecule has 1 aliphatic heterocycles. The number of benzene rings is 1. The highest BCUT2D eigenvalue weighted by atomic mass is 79.9. The van der Waals surface area contributed by atoms with E-state index in [1.807, 2.05) is 0 Å². The number of ether oxygens (including phenoxy) is 1. The van der Waals surface area contributed by atoms with Crippen molar-refractivity contribution in [1.82, 2.24) is 0 Å². The topological polar surface area (TPSA) is 21.3 Å². The lowest BCUT2D eigenvalue weighted by atomic mass is 10.0. The van der Waals surface area contributed by atoms with Gasteiger partial charge in [-0.1, -0.05) is 13.8 Å². The van der Waals surface area contributed by atoms with Crippen molar-refractivity contribution in [2.45, 2.75) is 45.6 Å². The van der Waals surface area contributed by atoms with Crippen LogP contribution in [0.5, 0.6) is 5.75 Å². The normalized spacial score (nSPS) is 18.0. The van der Waals surface area contributed by atoms with Gasteiger partial charge in [0.1, 0.15) is 11.4 Å². The summed E-state index contributed by atoms with van der Waals surface area (Å²) in [7, 11) is 0. The molecule has 0 unspecified atom stereocenters. The number of rotatable bonds is 1. The summed E-state index contributed by atoms with van der Waals surface area (Å²) in [4.78, 5) is 0. The minimum Gasteiger partial charge on any atom is -0.486 e. The van der Waals surface area contributed by atoms with Crippen LogP contribution in [0.1, 0.15) is 45.6 Å². The summed E-state index contributed by atoms with van der Waals surface area (Å²) in [6, 6.07) is 4.34. The Bertz CT molecular complexity index is 426. The molecular weight excluding hydrogens is 278 g/mol. The van der Waals surface area contributed by atoms with E-state index in [9.17, 15) is 0 Å². The molecule has 0 saturated heterocycles. The molecule has 1 aromatic rings. The molecule has 0 fully saturated rings. The molecule has 94 valence electrons. The van der Waals surface area contributed by atoms with Gasteiger partial charge < -0.3 is 10.1 Å². The van der Waals surface area contributed by atoms with Crippen LogP contribution in [-0.2, 0) is 0 Å². The Balaban J connectivity index is 2.47. The maximum atomic E-state index is 6.12. The fraction of sp³-hybridized carbons (Fsp3) is 0.571. The van der Waals surface area contributed by atoms with Crippen molar-refractivity contribution >= 4 is 21.6 Å². The molecule has 0 spiro atoms. The van der Waals surface area contributed by atoms with Gasteiger partial charge in [0.15, 0.2) is 0 Å². The number of hydrogen-bond acceptors (Lipinski definition) is 2. The monoisotopic (exact) mass is 297 g/mol. The third-order valence-electron chi connectivity index (χ3n) is 3.16. The van der Waals surface area contributed by atoms with Crippen LogP contribution >= 0.6 is 15.9 Å². The Morgan fingerprint density at radius 1 is 1.35 bits per heavy atom. The smallest absolute Gasteiger partial charge is 0.144 e. The molecule has 17 heavy (non-hydrogen) atoms. The lowest BCUT2D eigenvalue weighted by Gasteiger charge is -2.24. The molecule has 1 N–H and O–H groups in total. The summed E-state index contributed by atoms with van der Waals surface area (Å²) < 4.78 is 7.22. The van der Waals surface area contributed by atoms with E-state index in [-0.39, 0.29) is 5.60 Å². The van der Waals surface area contributed by atoms with Crippen LogP contribution in [0.3, 0.4) is 0 Å². The highest BCUT2D eigenvalue weighted by Crippen LogP contribution is 2.40. The molecule has 1 heterocycles. The Morgan fingerprint density at radius 2 is 2.06 bits per heavy atom. The Labute approximate surface area is 112 Å². The molecule has 3 heteroatoms. The van der Waals surface area contributed by atoms with Gasteiger partial charge in [0, 0.05) is 17.4 Å². The van der Waals surface area contributed by atoms with Crippen LogP contribution in [0.25, 0.3) is 0 Å². The van der Waals surface area contributed by atoms with E-state index in [1.54, 1.807) is 0 Å². The molecule has 1 aliphatic rings. The Kier molecular flexibility index (Phi) is 3.39. The molecule has 0 radical (unpaired) electrons. The number of halogens is 1. The molecule has 2 nitrogen and oxygen atoms in total. The second kappa shape index (κ2) is 4.52.